The summed E-state index contributed by atoms with van der Waals surface area (Å²) in [4.78, 5) is 14.6. The van der Waals surface area contributed by atoms with Gasteiger partial charge in [0, 0.05) is 30.9 Å². The van der Waals surface area contributed by atoms with E-state index in [1.807, 2.05) is 36.0 Å². The Balaban J connectivity index is 1.92. The summed E-state index contributed by atoms with van der Waals surface area (Å²) in [5.41, 5.74) is 1.06. The first-order chi connectivity index (χ1) is 11.1. The van der Waals surface area contributed by atoms with Crippen LogP contribution in [0.4, 0.5) is 5.69 Å². The highest BCUT2D eigenvalue weighted by molar-refractivity contribution is 7.99. The van der Waals surface area contributed by atoms with Crippen molar-refractivity contribution in [1.82, 2.24) is 5.32 Å². The molecule has 1 heterocycles. The normalized spacial score (nSPS) is 16.8. The van der Waals surface area contributed by atoms with E-state index in [0.29, 0.717) is 12.1 Å². The van der Waals surface area contributed by atoms with Gasteiger partial charge < -0.3 is 15.3 Å². The van der Waals surface area contributed by atoms with Crippen molar-refractivity contribution in [2.24, 2.45) is 0 Å². The highest BCUT2D eigenvalue weighted by Gasteiger charge is 2.29. The molecule has 0 bridgehead atoms. The predicted molar refractivity (Wildman–Crippen MR) is 98.5 cm³/mol. The average molecular weight is 337 g/mol. The van der Waals surface area contributed by atoms with Gasteiger partial charge >= 0.3 is 0 Å². The number of hydrogen-bond acceptors (Lipinski definition) is 4. The number of carbonyl (C=O) groups excluding carboxylic acids is 1. The predicted octanol–water partition coefficient (Wildman–Crippen LogP) is 2.91. The molecule has 0 aromatic heterocycles. The lowest BCUT2D eigenvalue weighted by atomic mass is 9.97. The highest BCUT2D eigenvalue weighted by atomic mass is 32.2. The minimum absolute atomic E-state index is 0.109. The number of benzene rings is 1. The molecule has 0 atom stereocenters. The third-order valence-corrected chi connectivity index (χ3v) is 5.36. The number of thioether (sulfide) groups is 1. The quantitative estimate of drug-likeness (QED) is 0.804. The van der Waals surface area contributed by atoms with Gasteiger partial charge in [0.1, 0.15) is 0 Å². The van der Waals surface area contributed by atoms with E-state index in [9.17, 15) is 9.90 Å². The minimum Gasteiger partial charge on any atom is -0.388 e. The molecule has 5 heteroatoms. The summed E-state index contributed by atoms with van der Waals surface area (Å²) < 4.78 is 0. The van der Waals surface area contributed by atoms with Crippen LogP contribution in [0.1, 0.15) is 43.5 Å². The smallest absolute Gasteiger partial charge is 0.251 e. The van der Waals surface area contributed by atoms with Gasteiger partial charge in [-0.1, -0.05) is 6.92 Å². The third-order valence-electron chi connectivity index (χ3n) is 4.37. The van der Waals surface area contributed by atoms with E-state index in [1.54, 1.807) is 0 Å². The van der Waals surface area contributed by atoms with Crippen LogP contribution in [0.5, 0.6) is 0 Å². The zero-order chi connectivity index (χ0) is 16.7. The van der Waals surface area contributed by atoms with E-state index in [1.165, 1.54) is 0 Å². The molecular weight excluding hydrogens is 308 g/mol. The number of amides is 1. The van der Waals surface area contributed by atoms with Crippen molar-refractivity contribution < 1.29 is 9.90 Å². The van der Waals surface area contributed by atoms with E-state index < -0.39 is 5.60 Å². The third kappa shape index (κ3) is 5.15. The molecule has 2 rings (SSSR count). The standard InChI is InChI=1S/C18H28N2O2S/c1-3-11-20(4-2)16-7-5-15(6-8-16)17(21)19-14-18(22)9-12-23-13-10-18/h5-8,22H,3-4,9-14H2,1-2H3,(H,19,21). The molecule has 1 saturated heterocycles. The second-order valence-electron chi connectivity index (χ2n) is 6.15. The Bertz CT molecular complexity index is 498. The van der Waals surface area contributed by atoms with Gasteiger partial charge in [-0.3, -0.25) is 4.79 Å². The van der Waals surface area contributed by atoms with Gasteiger partial charge in [0.25, 0.3) is 5.91 Å². The van der Waals surface area contributed by atoms with Crippen molar-refractivity contribution in [3.63, 3.8) is 0 Å². The maximum absolute atomic E-state index is 12.3. The van der Waals surface area contributed by atoms with Crippen LogP contribution in [0, 0.1) is 0 Å². The van der Waals surface area contributed by atoms with Crippen LogP contribution in [0.15, 0.2) is 24.3 Å². The molecule has 0 spiro atoms. The SMILES string of the molecule is CCCN(CC)c1ccc(C(=O)NCC2(O)CCSCC2)cc1. The van der Waals surface area contributed by atoms with Crippen LogP contribution in [-0.2, 0) is 0 Å². The number of nitrogens with zero attached hydrogens (tertiary/aromatic N) is 1. The van der Waals surface area contributed by atoms with Gasteiger partial charge in [-0.2, -0.15) is 11.8 Å². The summed E-state index contributed by atoms with van der Waals surface area (Å²) in [5, 5.41) is 13.3. The van der Waals surface area contributed by atoms with Gasteiger partial charge in [0.15, 0.2) is 0 Å². The minimum atomic E-state index is -0.735. The van der Waals surface area contributed by atoms with E-state index in [2.05, 4.69) is 24.1 Å². The summed E-state index contributed by atoms with van der Waals surface area (Å²) in [5.74, 6) is 1.82. The first-order valence-electron chi connectivity index (χ1n) is 8.51. The fourth-order valence-corrected chi connectivity index (χ4v) is 4.09. The van der Waals surface area contributed by atoms with Gasteiger partial charge in [-0.15, -0.1) is 0 Å². The molecule has 128 valence electrons. The topological polar surface area (TPSA) is 52.6 Å². The fourth-order valence-electron chi connectivity index (χ4n) is 2.84. The molecule has 1 aliphatic heterocycles. The lowest BCUT2D eigenvalue weighted by Gasteiger charge is -2.31. The average Bonchev–Trinajstić information content (AvgIpc) is 2.58. The molecule has 1 amide bonds. The van der Waals surface area contributed by atoms with Gasteiger partial charge in [0.05, 0.1) is 5.60 Å². The number of anilines is 1. The van der Waals surface area contributed by atoms with Crippen molar-refractivity contribution in [2.45, 2.75) is 38.7 Å². The van der Waals surface area contributed by atoms with E-state index >= 15 is 0 Å². The number of nitrogens with one attached hydrogen (secondary N) is 1. The summed E-state index contributed by atoms with van der Waals surface area (Å²) in [6.07, 6.45) is 2.60. The molecule has 2 N–H and O–H groups in total. The molecule has 1 aromatic carbocycles. The van der Waals surface area contributed by atoms with Gasteiger partial charge in [0.2, 0.25) is 0 Å². The summed E-state index contributed by atoms with van der Waals surface area (Å²) >= 11 is 1.86. The Hall–Kier alpha value is -1.20. The van der Waals surface area contributed by atoms with Crippen molar-refractivity contribution >= 4 is 23.4 Å². The maximum Gasteiger partial charge on any atom is 0.251 e. The summed E-state index contributed by atoms with van der Waals surface area (Å²) in [6.45, 7) is 6.63. The van der Waals surface area contributed by atoms with Crippen LogP contribution in [-0.4, -0.2) is 47.8 Å². The van der Waals surface area contributed by atoms with Crippen LogP contribution in [0.25, 0.3) is 0 Å². The maximum atomic E-state index is 12.3. The van der Waals surface area contributed by atoms with E-state index in [0.717, 1.165) is 49.5 Å². The zero-order valence-electron chi connectivity index (χ0n) is 14.2. The highest BCUT2D eigenvalue weighted by Crippen LogP contribution is 2.26. The van der Waals surface area contributed by atoms with Crippen LogP contribution < -0.4 is 10.2 Å². The number of hydrogen-bond donors (Lipinski definition) is 2. The lowest BCUT2D eigenvalue weighted by Crippen LogP contribution is -2.45. The molecule has 1 fully saturated rings. The van der Waals surface area contributed by atoms with Crippen molar-refractivity contribution in [1.29, 1.82) is 0 Å². The molecule has 0 unspecified atom stereocenters. The monoisotopic (exact) mass is 336 g/mol. The van der Waals surface area contributed by atoms with Crippen molar-refractivity contribution in [3.05, 3.63) is 29.8 Å². The van der Waals surface area contributed by atoms with Crippen LogP contribution in [0.2, 0.25) is 0 Å². The van der Waals surface area contributed by atoms with E-state index in [4.69, 9.17) is 0 Å². The molecule has 1 aromatic rings. The summed E-state index contributed by atoms with van der Waals surface area (Å²) in [6, 6.07) is 7.73. The Morgan fingerprint density at radius 3 is 2.48 bits per heavy atom. The first-order valence-corrected chi connectivity index (χ1v) is 9.67. The first kappa shape index (κ1) is 18.1. The molecule has 4 nitrogen and oxygen atoms in total. The van der Waals surface area contributed by atoms with Crippen molar-refractivity contribution in [3.8, 4) is 0 Å². The molecule has 0 aliphatic carbocycles. The van der Waals surface area contributed by atoms with Crippen LogP contribution in [0.3, 0.4) is 0 Å². The molecule has 23 heavy (non-hydrogen) atoms. The molecule has 1 aliphatic rings. The Labute approximate surface area is 143 Å². The molecule has 0 saturated carbocycles. The Kier molecular flexibility index (Phi) is 6.78. The molecule has 0 radical (unpaired) electrons. The van der Waals surface area contributed by atoms with Gasteiger partial charge in [-0.05, 0) is 62.0 Å². The number of carbonyl (C=O) groups is 1. The number of aliphatic hydroxyl groups is 1. The van der Waals surface area contributed by atoms with E-state index in [-0.39, 0.29) is 5.91 Å². The number of rotatable bonds is 7. The molecular formula is C18H28N2O2S. The lowest BCUT2D eigenvalue weighted by molar-refractivity contribution is 0.0311. The largest absolute Gasteiger partial charge is 0.388 e. The zero-order valence-corrected chi connectivity index (χ0v) is 15.0. The Morgan fingerprint density at radius 2 is 1.91 bits per heavy atom. The fraction of sp³-hybridized carbons (Fsp3) is 0.611. The summed E-state index contributed by atoms with van der Waals surface area (Å²) in [7, 11) is 0. The Morgan fingerprint density at radius 1 is 1.26 bits per heavy atom. The van der Waals surface area contributed by atoms with Crippen molar-refractivity contribution in [2.75, 3.05) is 36.0 Å². The van der Waals surface area contributed by atoms with Crippen LogP contribution >= 0.6 is 11.8 Å². The second kappa shape index (κ2) is 8.60. The second-order valence-corrected chi connectivity index (χ2v) is 7.37. The van der Waals surface area contributed by atoms with Gasteiger partial charge in [-0.25, -0.2) is 0 Å².